The normalized spacial score (nSPS) is 21.3. The first kappa shape index (κ1) is 41.4. The van der Waals surface area contributed by atoms with Gasteiger partial charge in [-0.15, -0.1) is 0 Å². The van der Waals surface area contributed by atoms with Crippen molar-refractivity contribution >= 4 is 17.6 Å². The second kappa shape index (κ2) is 20.8. The van der Waals surface area contributed by atoms with Gasteiger partial charge in [-0.25, -0.2) is 4.79 Å². The van der Waals surface area contributed by atoms with E-state index in [1.54, 1.807) is 0 Å². The summed E-state index contributed by atoms with van der Waals surface area (Å²) in [4.78, 5) is 28.8. The van der Waals surface area contributed by atoms with Gasteiger partial charge in [-0.3, -0.25) is 4.79 Å². The Labute approximate surface area is 323 Å². The monoisotopic (exact) mass is 741 g/mol. The molecular weight excluding hydrogens is 679 g/mol. The molecule has 0 aliphatic carbocycles. The lowest BCUT2D eigenvalue weighted by Crippen LogP contribution is -2.48. The summed E-state index contributed by atoms with van der Waals surface area (Å²) in [7, 11) is 0. The van der Waals surface area contributed by atoms with Crippen LogP contribution in [0.25, 0.3) is 0 Å². The number of rotatable bonds is 21. The van der Waals surface area contributed by atoms with E-state index in [0.717, 1.165) is 29.5 Å². The first-order chi connectivity index (χ1) is 26.1. The van der Waals surface area contributed by atoms with Crippen LogP contribution in [0.15, 0.2) is 84.9 Å². The summed E-state index contributed by atoms with van der Waals surface area (Å²) >= 11 is 0. The van der Waals surface area contributed by atoms with E-state index in [1.165, 1.54) is 51.4 Å². The highest BCUT2D eigenvalue weighted by atomic mass is 16.8. The molecule has 2 fully saturated rings. The summed E-state index contributed by atoms with van der Waals surface area (Å²) < 4.78 is 25.0. The molecule has 9 nitrogen and oxygen atoms in total. The van der Waals surface area contributed by atoms with E-state index in [0.29, 0.717) is 18.8 Å². The molecule has 54 heavy (non-hydrogen) atoms. The van der Waals surface area contributed by atoms with Crippen LogP contribution in [-0.4, -0.2) is 59.9 Å². The van der Waals surface area contributed by atoms with Crippen molar-refractivity contribution in [3.05, 3.63) is 102 Å². The van der Waals surface area contributed by atoms with Crippen molar-refractivity contribution in [3.8, 4) is 0 Å². The number of ether oxygens (including phenoxy) is 4. The summed E-state index contributed by atoms with van der Waals surface area (Å²) in [6.07, 6.45) is 11.2. The molecule has 3 amide bonds. The van der Waals surface area contributed by atoms with E-state index >= 15 is 0 Å². The molecule has 294 valence electrons. The fourth-order valence-corrected chi connectivity index (χ4v) is 7.49. The molecule has 2 heterocycles. The maximum absolute atomic E-state index is 13.7. The van der Waals surface area contributed by atoms with Gasteiger partial charge in [0, 0.05) is 18.8 Å². The molecule has 5 rings (SSSR count). The van der Waals surface area contributed by atoms with Crippen LogP contribution in [0.4, 0.5) is 10.5 Å². The lowest BCUT2D eigenvalue weighted by Gasteiger charge is -2.30. The summed E-state index contributed by atoms with van der Waals surface area (Å²) in [5, 5.41) is 5.96. The summed E-state index contributed by atoms with van der Waals surface area (Å²) in [5.41, 5.74) is 3.66. The van der Waals surface area contributed by atoms with Crippen molar-refractivity contribution in [2.45, 2.75) is 154 Å². The third-order valence-electron chi connectivity index (χ3n) is 10.5. The number of anilines is 1. The summed E-state index contributed by atoms with van der Waals surface area (Å²) in [6, 6.07) is 26.8. The highest BCUT2D eigenvalue weighted by Crippen LogP contribution is 2.40. The molecule has 2 aliphatic rings. The Bertz CT molecular complexity index is 1550. The van der Waals surface area contributed by atoms with Crippen molar-refractivity contribution < 1.29 is 28.5 Å². The van der Waals surface area contributed by atoms with Crippen LogP contribution in [0.1, 0.15) is 122 Å². The molecular formula is C45H63N3O6. The zero-order valence-corrected chi connectivity index (χ0v) is 33.1. The van der Waals surface area contributed by atoms with Crippen LogP contribution in [0, 0.1) is 0 Å². The molecule has 0 radical (unpaired) electrons. The Hall–Kier alpha value is -3.76. The first-order valence-electron chi connectivity index (χ1n) is 20.3. The van der Waals surface area contributed by atoms with Gasteiger partial charge in [0.15, 0.2) is 12.1 Å². The SMILES string of the molecule is CCCCCCCCCCCCO[C@H]1O[C@H]([C@H](C)NC(=O)Nc2ccc(CC(=O)N(Cc3ccccc3)C(C)c3ccccc3)cc2)[C@@H]2OC(C)(C)O[C@H]12. The molecule has 0 saturated carbocycles. The molecule has 0 aromatic heterocycles. The van der Waals surface area contributed by atoms with Gasteiger partial charge >= 0.3 is 6.03 Å². The van der Waals surface area contributed by atoms with Gasteiger partial charge in [-0.2, -0.15) is 0 Å². The maximum atomic E-state index is 13.7. The Morgan fingerprint density at radius 1 is 0.759 bits per heavy atom. The minimum Gasteiger partial charge on any atom is -0.350 e. The lowest BCUT2D eigenvalue weighted by molar-refractivity contribution is -0.235. The maximum Gasteiger partial charge on any atom is 0.319 e. The van der Waals surface area contributed by atoms with Crippen molar-refractivity contribution in [3.63, 3.8) is 0 Å². The molecule has 6 atom stereocenters. The number of carbonyl (C=O) groups is 2. The van der Waals surface area contributed by atoms with E-state index in [4.69, 9.17) is 18.9 Å². The minimum atomic E-state index is -0.765. The van der Waals surface area contributed by atoms with Gasteiger partial charge in [0.05, 0.1) is 18.5 Å². The fraction of sp³-hybridized carbons (Fsp3) is 0.556. The number of nitrogens with one attached hydrogen (secondary N) is 2. The van der Waals surface area contributed by atoms with Crippen molar-refractivity contribution in [1.29, 1.82) is 0 Å². The van der Waals surface area contributed by atoms with Crippen molar-refractivity contribution in [2.75, 3.05) is 11.9 Å². The van der Waals surface area contributed by atoms with Crippen LogP contribution >= 0.6 is 0 Å². The quantitative estimate of drug-likeness (QED) is 0.106. The average Bonchev–Trinajstić information content (AvgIpc) is 3.66. The average molecular weight is 742 g/mol. The molecule has 1 unspecified atom stereocenters. The van der Waals surface area contributed by atoms with Crippen LogP contribution < -0.4 is 10.6 Å². The predicted octanol–water partition coefficient (Wildman–Crippen LogP) is 9.71. The number of hydrogen-bond acceptors (Lipinski definition) is 6. The van der Waals surface area contributed by atoms with Crippen molar-refractivity contribution in [2.24, 2.45) is 0 Å². The number of nitrogens with zero attached hydrogens (tertiary/aromatic N) is 1. The highest BCUT2D eigenvalue weighted by molar-refractivity contribution is 5.89. The predicted molar refractivity (Wildman–Crippen MR) is 214 cm³/mol. The Balaban J connectivity index is 1.08. The number of unbranched alkanes of at least 4 members (excludes halogenated alkanes) is 9. The third-order valence-corrected chi connectivity index (χ3v) is 10.5. The summed E-state index contributed by atoms with van der Waals surface area (Å²) in [6.45, 7) is 11.1. The van der Waals surface area contributed by atoms with Crippen LogP contribution in [0.3, 0.4) is 0 Å². The van der Waals surface area contributed by atoms with E-state index in [2.05, 4.69) is 36.6 Å². The van der Waals surface area contributed by atoms with Crippen molar-refractivity contribution in [1.82, 2.24) is 10.2 Å². The fourth-order valence-electron chi connectivity index (χ4n) is 7.49. The van der Waals surface area contributed by atoms with Gasteiger partial charge in [0.2, 0.25) is 5.91 Å². The molecule has 3 aromatic carbocycles. The first-order valence-corrected chi connectivity index (χ1v) is 20.3. The molecule has 2 aliphatic heterocycles. The van der Waals surface area contributed by atoms with Crippen LogP contribution in [0.5, 0.6) is 0 Å². The number of benzene rings is 3. The van der Waals surface area contributed by atoms with Crippen LogP contribution in [-0.2, 0) is 36.7 Å². The molecule has 2 saturated heterocycles. The Kier molecular flexibility index (Phi) is 15.9. The van der Waals surface area contributed by atoms with Gasteiger partial charge in [-0.1, -0.05) is 138 Å². The number of fused-ring (bicyclic) bond motifs is 1. The number of hydrogen-bond donors (Lipinski definition) is 2. The summed E-state index contributed by atoms with van der Waals surface area (Å²) in [5.74, 6) is -0.733. The van der Waals surface area contributed by atoms with Gasteiger partial charge in [-0.05, 0) is 62.9 Å². The zero-order chi connectivity index (χ0) is 38.3. The van der Waals surface area contributed by atoms with Gasteiger partial charge in [0.25, 0.3) is 0 Å². The number of amides is 3. The van der Waals surface area contributed by atoms with E-state index in [-0.39, 0.29) is 42.7 Å². The van der Waals surface area contributed by atoms with Crippen LogP contribution in [0.2, 0.25) is 0 Å². The van der Waals surface area contributed by atoms with E-state index < -0.39 is 18.2 Å². The molecule has 9 heteroatoms. The van der Waals surface area contributed by atoms with E-state index in [9.17, 15) is 9.59 Å². The Morgan fingerprint density at radius 3 is 2.00 bits per heavy atom. The molecule has 0 bridgehead atoms. The number of urea groups is 1. The largest absolute Gasteiger partial charge is 0.350 e. The number of carbonyl (C=O) groups excluding carboxylic acids is 2. The lowest BCUT2D eigenvalue weighted by atomic mass is 10.0. The molecule has 0 spiro atoms. The van der Waals surface area contributed by atoms with E-state index in [1.807, 2.05) is 98.5 Å². The minimum absolute atomic E-state index is 0.0319. The van der Waals surface area contributed by atoms with Gasteiger partial charge in [0.1, 0.15) is 18.3 Å². The highest BCUT2D eigenvalue weighted by Gasteiger charge is 2.57. The third kappa shape index (κ3) is 12.4. The smallest absolute Gasteiger partial charge is 0.319 e. The van der Waals surface area contributed by atoms with Gasteiger partial charge < -0.3 is 34.5 Å². The molecule has 3 aromatic rings. The second-order valence-corrected chi connectivity index (χ2v) is 15.4. The Morgan fingerprint density at radius 2 is 1.35 bits per heavy atom. The standard InChI is InChI=1S/C45H63N3O6/c1-6-7-8-9-10-11-12-13-14-21-30-51-43-42-41(53-45(4,5)54-42)40(52-43)33(2)46-44(50)47-38-28-26-35(27-29-38)31-39(49)48(32-36-22-17-15-18-23-36)34(3)37-24-19-16-20-25-37/h15-20,22-29,33-34,40-43H,6-14,21,30-32H2,1-5H3,(H2,46,47,50)/t33-,34?,40+,41-,42-,43-/m0/s1. The zero-order valence-electron chi connectivity index (χ0n) is 33.1. The second-order valence-electron chi connectivity index (χ2n) is 15.4. The topological polar surface area (TPSA) is 98.4 Å². The molecule has 2 N–H and O–H groups in total.